The third kappa shape index (κ3) is 3.32. The second-order valence-electron chi connectivity index (χ2n) is 10.3. The van der Waals surface area contributed by atoms with Gasteiger partial charge in [0.2, 0.25) is 5.91 Å². The average Bonchev–Trinajstić information content (AvgIpc) is 3.36. The molecule has 1 aromatic heterocycles. The van der Waals surface area contributed by atoms with Crippen LogP contribution in [0, 0.1) is 22.2 Å². The van der Waals surface area contributed by atoms with Gasteiger partial charge in [-0.25, -0.2) is 0 Å². The third-order valence-corrected chi connectivity index (χ3v) is 8.50. The second-order valence-corrected chi connectivity index (χ2v) is 10.3. The van der Waals surface area contributed by atoms with Gasteiger partial charge in [0.1, 0.15) is 11.5 Å². The van der Waals surface area contributed by atoms with E-state index in [1.165, 1.54) is 0 Å². The lowest BCUT2D eigenvalue weighted by Gasteiger charge is -2.41. The molecule has 35 heavy (non-hydrogen) atoms. The number of benzene rings is 1. The van der Waals surface area contributed by atoms with Crippen molar-refractivity contribution in [1.82, 2.24) is 15.2 Å². The van der Waals surface area contributed by atoms with Gasteiger partial charge in [0.15, 0.2) is 0 Å². The van der Waals surface area contributed by atoms with Gasteiger partial charge in [-0.3, -0.25) is 14.7 Å². The number of nitrogens with one attached hydrogen (secondary N) is 1. The molecular weight excluding hydrogens is 459 g/mol. The molecule has 7 nitrogen and oxygen atoms in total. The van der Waals surface area contributed by atoms with Crippen LogP contribution >= 0.6 is 0 Å². The molecule has 6 rings (SSSR count). The van der Waals surface area contributed by atoms with Crippen LogP contribution in [0.4, 0.5) is 18.9 Å². The lowest BCUT2D eigenvalue weighted by molar-refractivity contribution is -0.191. The Morgan fingerprint density at radius 1 is 1.20 bits per heavy atom. The molecular formula is C25H26F3N5O2. The molecule has 4 heterocycles. The first-order valence-electron chi connectivity index (χ1n) is 12.0. The van der Waals surface area contributed by atoms with Crippen molar-refractivity contribution >= 4 is 22.5 Å². The molecule has 0 bridgehead atoms. The van der Waals surface area contributed by atoms with Gasteiger partial charge < -0.3 is 15.0 Å². The minimum absolute atomic E-state index is 0.00744. The van der Waals surface area contributed by atoms with Crippen LogP contribution in [0.3, 0.4) is 0 Å². The molecule has 4 aliphatic rings. The minimum Gasteiger partial charge on any atom is -0.378 e. The number of fused-ring (bicyclic) bond motifs is 2. The van der Waals surface area contributed by atoms with E-state index in [2.05, 4.69) is 21.3 Å². The molecule has 2 unspecified atom stereocenters. The molecule has 1 saturated carbocycles. The maximum atomic E-state index is 14.4. The number of nitriles is 1. The first kappa shape index (κ1) is 22.6. The summed E-state index contributed by atoms with van der Waals surface area (Å²) in [6.45, 7) is 2.79. The van der Waals surface area contributed by atoms with Gasteiger partial charge in [-0.2, -0.15) is 18.4 Å². The van der Waals surface area contributed by atoms with E-state index in [9.17, 15) is 23.2 Å². The van der Waals surface area contributed by atoms with Crippen molar-refractivity contribution in [3.63, 3.8) is 0 Å². The van der Waals surface area contributed by atoms with Crippen LogP contribution in [0.2, 0.25) is 0 Å². The summed E-state index contributed by atoms with van der Waals surface area (Å²) >= 11 is 0. The zero-order valence-corrected chi connectivity index (χ0v) is 19.1. The summed E-state index contributed by atoms with van der Waals surface area (Å²) in [5.74, 6) is -0.487. The number of hydrogen-bond donors (Lipinski definition) is 1. The number of pyridine rings is 1. The Hall–Kier alpha value is -2.90. The molecule has 1 aliphatic carbocycles. The highest BCUT2D eigenvalue weighted by Gasteiger charge is 2.86. The molecule has 1 N–H and O–H groups in total. The smallest absolute Gasteiger partial charge is 0.378 e. The van der Waals surface area contributed by atoms with Gasteiger partial charge in [0, 0.05) is 49.5 Å². The van der Waals surface area contributed by atoms with Gasteiger partial charge in [-0.05, 0) is 43.5 Å². The maximum absolute atomic E-state index is 14.4. The van der Waals surface area contributed by atoms with Crippen LogP contribution in [-0.4, -0.2) is 73.4 Å². The molecule has 1 amide bonds. The Balaban J connectivity index is 1.24. The highest BCUT2D eigenvalue weighted by molar-refractivity contribution is 5.97. The zero-order valence-electron chi connectivity index (χ0n) is 19.1. The topological polar surface area (TPSA) is 81.5 Å². The molecule has 3 aliphatic heterocycles. The van der Waals surface area contributed by atoms with E-state index < -0.39 is 22.9 Å². The van der Waals surface area contributed by atoms with Crippen LogP contribution in [0.25, 0.3) is 10.9 Å². The molecule has 2 aromatic rings. The highest BCUT2D eigenvalue weighted by Crippen LogP contribution is 2.75. The fourth-order valence-electron chi connectivity index (χ4n) is 6.28. The van der Waals surface area contributed by atoms with E-state index in [1.807, 2.05) is 0 Å². The fraction of sp³-hybridized carbons (Fsp3) is 0.560. The summed E-state index contributed by atoms with van der Waals surface area (Å²) in [6, 6.07) is 9.11. The number of likely N-dealkylation sites (tertiary alicyclic amines) is 1. The van der Waals surface area contributed by atoms with E-state index in [-0.39, 0.29) is 25.6 Å². The number of aromatic nitrogens is 1. The molecule has 184 valence electrons. The lowest BCUT2D eigenvalue weighted by atomic mass is 9.93. The molecule has 10 heteroatoms. The number of alkyl halides is 3. The summed E-state index contributed by atoms with van der Waals surface area (Å²) < 4.78 is 48.4. The minimum atomic E-state index is -4.49. The third-order valence-electron chi connectivity index (χ3n) is 8.50. The Morgan fingerprint density at radius 2 is 1.97 bits per heavy atom. The molecule has 1 aromatic carbocycles. The summed E-state index contributed by atoms with van der Waals surface area (Å²) in [7, 11) is 0. The van der Waals surface area contributed by atoms with E-state index in [1.54, 1.807) is 35.4 Å². The molecule has 4 fully saturated rings. The number of halogens is 3. The summed E-state index contributed by atoms with van der Waals surface area (Å²) in [4.78, 5) is 21.7. The number of ether oxygens (including phenoxy) is 1. The number of hydrogen-bond acceptors (Lipinski definition) is 6. The van der Waals surface area contributed by atoms with E-state index in [4.69, 9.17) is 4.74 Å². The van der Waals surface area contributed by atoms with Gasteiger partial charge >= 0.3 is 6.18 Å². The van der Waals surface area contributed by atoms with Gasteiger partial charge in [0.05, 0.1) is 35.8 Å². The normalized spacial score (nSPS) is 29.5. The Morgan fingerprint density at radius 3 is 2.63 bits per heavy atom. The van der Waals surface area contributed by atoms with Gasteiger partial charge in [0.25, 0.3) is 0 Å². The van der Waals surface area contributed by atoms with E-state index >= 15 is 0 Å². The van der Waals surface area contributed by atoms with Crippen molar-refractivity contribution in [1.29, 1.82) is 5.26 Å². The predicted octanol–water partition coefficient (Wildman–Crippen LogP) is 2.84. The van der Waals surface area contributed by atoms with Crippen molar-refractivity contribution in [2.24, 2.45) is 10.8 Å². The van der Waals surface area contributed by atoms with Gasteiger partial charge in [-0.15, -0.1) is 0 Å². The first-order valence-corrected chi connectivity index (χ1v) is 12.0. The number of piperidine rings is 2. The quantitative estimate of drug-likeness (QED) is 0.718. The molecule has 3 saturated heterocycles. The number of carbonyl (C=O) groups is 1. The summed E-state index contributed by atoms with van der Waals surface area (Å²) in [6.07, 6.45) is -1.66. The van der Waals surface area contributed by atoms with E-state index in [0.29, 0.717) is 28.2 Å². The van der Waals surface area contributed by atoms with Crippen LogP contribution in [-0.2, 0) is 9.53 Å². The number of anilines is 1. The highest BCUT2D eigenvalue weighted by atomic mass is 19.4. The maximum Gasteiger partial charge on any atom is 0.397 e. The average molecular weight is 486 g/mol. The lowest BCUT2D eigenvalue weighted by Crippen LogP contribution is -2.55. The Bertz CT molecular complexity index is 1220. The zero-order chi connectivity index (χ0) is 24.4. The van der Waals surface area contributed by atoms with E-state index in [0.717, 1.165) is 39.1 Å². The SMILES string of the molecule is N#Cc1ccc(N2CC3(C(=O)NC4CCN(C5COC5)CC4)CC3(C(F)(F)F)C2)c2cccnc12. The molecule has 0 radical (unpaired) electrons. The van der Waals surface area contributed by atoms with Crippen molar-refractivity contribution < 1.29 is 22.7 Å². The van der Waals surface area contributed by atoms with Crippen LogP contribution in [0.5, 0.6) is 0 Å². The summed E-state index contributed by atoms with van der Waals surface area (Å²) in [5.41, 5.74) is -2.16. The Kier molecular flexibility index (Phi) is 5.03. The Labute approximate surface area is 200 Å². The van der Waals surface area contributed by atoms with Crippen molar-refractivity contribution in [2.75, 3.05) is 44.3 Å². The fourth-order valence-corrected chi connectivity index (χ4v) is 6.28. The standard InChI is InChI=1S/C25H26F3N5O2/c26-25(27,28)24-13-23(24,22(34)31-17-5-8-32(9-6-17)18-11-35-12-18)14-33(15-24)20-4-3-16(10-29)21-19(20)2-1-7-30-21/h1-4,7,17-18H,5-6,8-9,11-15H2,(H,31,34). The second kappa shape index (κ2) is 7.80. The number of rotatable bonds is 4. The van der Waals surface area contributed by atoms with Crippen LogP contribution in [0.15, 0.2) is 30.5 Å². The van der Waals surface area contributed by atoms with Crippen LogP contribution in [0.1, 0.15) is 24.8 Å². The summed E-state index contributed by atoms with van der Waals surface area (Å²) in [5, 5.41) is 13.0. The number of carbonyl (C=O) groups excluding carboxylic acids is 1. The molecule has 2 atom stereocenters. The van der Waals surface area contributed by atoms with Crippen molar-refractivity contribution in [2.45, 2.75) is 37.5 Å². The largest absolute Gasteiger partial charge is 0.397 e. The predicted molar refractivity (Wildman–Crippen MR) is 122 cm³/mol. The first-order chi connectivity index (χ1) is 16.8. The monoisotopic (exact) mass is 485 g/mol. The van der Waals surface area contributed by atoms with Crippen molar-refractivity contribution in [3.05, 3.63) is 36.0 Å². The van der Waals surface area contributed by atoms with Gasteiger partial charge in [-0.1, -0.05) is 0 Å². The number of amides is 1. The van der Waals surface area contributed by atoms with Crippen molar-refractivity contribution in [3.8, 4) is 6.07 Å². The van der Waals surface area contributed by atoms with Crippen LogP contribution < -0.4 is 10.2 Å². The molecule has 0 spiro atoms. The number of nitrogens with zero attached hydrogens (tertiary/aromatic N) is 4.